The molecule has 1 aliphatic carbocycles. The summed E-state index contributed by atoms with van der Waals surface area (Å²) < 4.78 is 38.5. The van der Waals surface area contributed by atoms with Crippen LogP contribution in [0.4, 0.5) is 13.6 Å². The Morgan fingerprint density at radius 1 is 1.13 bits per heavy atom. The molecule has 0 aliphatic heterocycles. The third kappa shape index (κ3) is 3.86. The summed E-state index contributed by atoms with van der Waals surface area (Å²) in [6.07, 6.45) is -1.02. The third-order valence-electron chi connectivity index (χ3n) is 5.11. The molecule has 0 fully saturated rings. The average molecular weight is 428 g/mol. The van der Waals surface area contributed by atoms with Crippen LogP contribution in [0.3, 0.4) is 0 Å². The first-order valence-corrected chi connectivity index (χ1v) is 9.46. The lowest BCUT2D eigenvalue weighted by atomic mass is 9.98. The average Bonchev–Trinajstić information content (AvgIpc) is 3.30. The van der Waals surface area contributed by atoms with Crippen LogP contribution in [-0.2, 0) is 10.7 Å². The number of alkyl halides is 2. The Morgan fingerprint density at radius 3 is 2.26 bits per heavy atom. The maximum absolute atomic E-state index is 14.3. The van der Waals surface area contributed by atoms with E-state index in [1.54, 1.807) is 0 Å². The summed E-state index contributed by atoms with van der Waals surface area (Å²) in [5.74, 6) is -6.71. The number of alkyl carbamates (subject to hydrolysis) is 1. The highest BCUT2D eigenvalue weighted by Crippen LogP contribution is 2.44. The highest BCUT2D eigenvalue weighted by molar-refractivity contribution is 5.86. The molecular weight excluding hydrogens is 410 g/mol. The molecule has 2 aromatic carbocycles. The number of aromatic carboxylic acids is 1. The predicted molar refractivity (Wildman–Crippen MR) is 105 cm³/mol. The van der Waals surface area contributed by atoms with Crippen molar-refractivity contribution in [2.75, 3.05) is 13.2 Å². The molecule has 4 rings (SSSR count). The maximum Gasteiger partial charge on any atom is 0.407 e. The molecule has 0 atom stereocenters. The molecule has 31 heavy (non-hydrogen) atoms. The molecule has 2 N–H and O–H groups in total. The minimum atomic E-state index is -3.70. The van der Waals surface area contributed by atoms with Crippen LogP contribution in [0.2, 0.25) is 0 Å². The van der Waals surface area contributed by atoms with Crippen molar-refractivity contribution in [1.29, 1.82) is 0 Å². The van der Waals surface area contributed by atoms with Crippen molar-refractivity contribution in [1.82, 2.24) is 10.3 Å². The Balaban J connectivity index is 1.40. The summed E-state index contributed by atoms with van der Waals surface area (Å²) in [7, 11) is 0. The van der Waals surface area contributed by atoms with E-state index in [0.29, 0.717) is 0 Å². The first-order valence-electron chi connectivity index (χ1n) is 9.46. The van der Waals surface area contributed by atoms with Crippen molar-refractivity contribution in [2.45, 2.75) is 18.8 Å². The van der Waals surface area contributed by atoms with Crippen LogP contribution in [0.1, 0.15) is 39.2 Å². The van der Waals surface area contributed by atoms with E-state index in [1.165, 1.54) is 6.92 Å². The van der Waals surface area contributed by atoms with Gasteiger partial charge in [-0.1, -0.05) is 48.5 Å². The lowest BCUT2D eigenvalue weighted by Crippen LogP contribution is -2.36. The van der Waals surface area contributed by atoms with Gasteiger partial charge in [0.05, 0.1) is 6.54 Å². The first-order chi connectivity index (χ1) is 14.8. The Hall–Kier alpha value is -3.75. The second-order valence-corrected chi connectivity index (χ2v) is 7.11. The lowest BCUT2D eigenvalue weighted by molar-refractivity contribution is -0.0298. The topological polar surface area (TPSA) is 102 Å². The van der Waals surface area contributed by atoms with Crippen LogP contribution >= 0.6 is 0 Å². The number of carbonyl (C=O) groups excluding carboxylic acids is 1. The fourth-order valence-corrected chi connectivity index (χ4v) is 3.66. The van der Waals surface area contributed by atoms with Crippen LogP contribution in [0.25, 0.3) is 11.1 Å². The number of oxazole rings is 1. The van der Waals surface area contributed by atoms with Crippen molar-refractivity contribution >= 4 is 12.1 Å². The molecule has 1 aromatic heterocycles. The van der Waals surface area contributed by atoms with Gasteiger partial charge < -0.3 is 19.6 Å². The molecular formula is C22H18F2N2O5. The van der Waals surface area contributed by atoms with Gasteiger partial charge in [-0.15, -0.1) is 0 Å². The van der Waals surface area contributed by atoms with Gasteiger partial charge in [0, 0.05) is 5.92 Å². The number of benzene rings is 2. The molecule has 160 valence electrons. The number of aromatic nitrogens is 1. The largest absolute Gasteiger partial charge is 0.476 e. The summed E-state index contributed by atoms with van der Waals surface area (Å²) in [5, 5.41) is 10.9. The fraction of sp³-hybridized carbons (Fsp3) is 0.227. The molecule has 0 unspecified atom stereocenters. The zero-order chi connectivity index (χ0) is 22.2. The number of halogens is 2. The van der Waals surface area contributed by atoms with Gasteiger partial charge in [0.15, 0.2) is 5.69 Å². The Bertz CT molecular complexity index is 1110. The lowest BCUT2D eigenvalue weighted by Gasteiger charge is -2.16. The summed E-state index contributed by atoms with van der Waals surface area (Å²) >= 11 is 0. The minimum Gasteiger partial charge on any atom is -0.476 e. The molecule has 1 amide bonds. The molecule has 1 heterocycles. The molecule has 3 aromatic rings. The van der Waals surface area contributed by atoms with Crippen molar-refractivity contribution in [2.24, 2.45) is 0 Å². The third-order valence-corrected chi connectivity index (χ3v) is 5.11. The second kappa shape index (κ2) is 7.82. The van der Waals surface area contributed by atoms with Gasteiger partial charge in [-0.05, 0) is 29.2 Å². The summed E-state index contributed by atoms with van der Waals surface area (Å²) in [6.45, 7) is 0.0460. The van der Waals surface area contributed by atoms with Crippen LogP contribution in [-0.4, -0.2) is 35.3 Å². The van der Waals surface area contributed by atoms with Crippen molar-refractivity contribution in [3.63, 3.8) is 0 Å². The monoisotopic (exact) mass is 428 g/mol. The van der Waals surface area contributed by atoms with Gasteiger partial charge in [-0.3, -0.25) is 0 Å². The van der Waals surface area contributed by atoms with Crippen LogP contribution in [0.15, 0.2) is 52.9 Å². The number of carboxylic acid groups (broad SMARTS) is 1. The Kier molecular flexibility index (Phi) is 5.18. The number of carboxylic acids is 1. The van der Waals surface area contributed by atoms with Gasteiger partial charge in [-0.25, -0.2) is 14.6 Å². The van der Waals surface area contributed by atoms with Gasteiger partial charge in [-0.2, -0.15) is 8.78 Å². The van der Waals surface area contributed by atoms with Gasteiger partial charge in [0.25, 0.3) is 5.89 Å². The van der Waals surface area contributed by atoms with Gasteiger partial charge >= 0.3 is 18.0 Å². The fourth-order valence-electron chi connectivity index (χ4n) is 3.66. The van der Waals surface area contributed by atoms with E-state index in [0.717, 1.165) is 22.3 Å². The highest BCUT2D eigenvalue weighted by atomic mass is 19.3. The Labute approximate surface area is 175 Å². The number of ether oxygens (including phenoxy) is 1. The van der Waals surface area contributed by atoms with E-state index in [-0.39, 0.29) is 18.3 Å². The minimum absolute atomic E-state index is 0.0211. The van der Waals surface area contributed by atoms with E-state index in [9.17, 15) is 18.4 Å². The number of aryl methyl sites for hydroxylation is 1. The Morgan fingerprint density at radius 2 is 1.71 bits per heavy atom. The number of amides is 1. The molecule has 0 spiro atoms. The van der Waals surface area contributed by atoms with E-state index in [4.69, 9.17) is 14.3 Å². The SMILES string of the molecule is Cc1oc(C(F)(F)CNC(=O)OCC2c3ccccc3-c3ccccc32)nc1C(=O)O. The van der Waals surface area contributed by atoms with Crippen molar-refractivity contribution < 1.29 is 32.6 Å². The van der Waals surface area contributed by atoms with Gasteiger partial charge in [0.1, 0.15) is 12.4 Å². The number of rotatable bonds is 6. The standard InChI is InChI=1S/C22H18F2N2O5/c1-12-18(19(27)28)26-20(31-12)22(23,24)11-25-21(29)30-10-17-15-8-4-2-6-13(15)14-7-3-5-9-16(14)17/h2-9,17H,10-11H2,1H3,(H,25,29)(H,27,28). The number of carbonyl (C=O) groups is 2. The summed E-state index contributed by atoms with van der Waals surface area (Å²) in [5.41, 5.74) is 3.49. The second-order valence-electron chi connectivity index (χ2n) is 7.11. The summed E-state index contributed by atoms with van der Waals surface area (Å²) in [4.78, 5) is 26.3. The normalized spacial score (nSPS) is 12.9. The smallest absolute Gasteiger partial charge is 0.407 e. The molecule has 0 saturated carbocycles. The van der Waals surface area contributed by atoms with Crippen LogP contribution < -0.4 is 5.32 Å². The van der Waals surface area contributed by atoms with E-state index in [2.05, 4.69) is 4.98 Å². The molecule has 0 radical (unpaired) electrons. The van der Waals surface area contributed by atoms with E-state index < -0.39 is 36.1 Å². The quantitative estimate of drug-likeness (QED) is 0.607. The molecule has 1 aliphatic rings. The first kappa shape index (κ1) is 20.5. The number of hydrogen-bond acceptors (Lipinski definition) is 5. The zero-order valence-electron chi connectivity index (χ0n) is 16.4. The zero-order valence-corrected chi connectivity index (χ0v) is 16.4. The van der Waals surface area contributed by atoms with Crippen LogP contribution in [0.5, 0.6) is 0 Å². The molecule has 0 saturated heterocycles. The van der Waals surface area contributed by atoms with E-state index >= 15 is 0 Å². The van der Waals surface area contributed by atoms with E-state index in [1.807, 2.05) is 53.8 Å². The number of nitrogens with zero attached hydrogens (tertiary/aromatic N) is 1. The molecule has 7 nitrogen and oxygen atoms in total. The van der Waals surface area contributed by atoms with Crippen LogP contribution in [0, 0.1) is 6.92 Å². The summed E-state index contributed by atoms with van der Waals surface area (Å²) in [6, 6.07) is 15.5. The number of hydrogen-bond donors (Lipinski definition) is 2. The predicted octanol–water partition coefficient (Wildman–Crippen LogP) is 4.31. The number of nitrogens with one attached hydrogen (secondary N) is 1. The van der Waals surface area contributed by atoms with Gasteiger partial charge in [0.2, 0.25) is 0 Å². The molecule has 0 bridgehead atoms. The molecule has 9 heteroatoms. The number of fused-ring (bicyclic) bond motifs is 3. The van der Waals surface area contributed by atoms with Crippen molar-refractivity contribution in [3.05, 3.63) is 77.0 Å². The van der Waals surface area contributed by atoms with Crippen molar-refractivity contribution in [3.8, 4) is 11.1 Å². The highest BCUT2D eigenvalue weighted by Gasteiger charge is 2.40. The maximum atomic E-state index is 14.3.